The first-order chi connectivity index (χ1) is 6.65. The lowest BCUT2D eigenvalue weighted by atomic mass is 10.0. The zero-order valence-electron chi connectivity index (χ0n) is 9.14. The summed E-state index contributed by atoms with van der Waals surface area (Å²) in [6.45, 7) is 4.95. The van der Waals surface area contributed by atoms with Gasteiger partial charge >= 0.3 is 0 Å². The summed E-state index contributed by atoms with van der Waals surface area (Å²) < 4.78 is 0. The molecule has 0 aliphatic heterocycles. The lowest BCUT2D eigenvalue weighted by Crippen LogP contribution is -2.00. The Hall–Kier alpha value is -1.02. The Morgan fingerprint density at radius 3 is 2.43 bits per heavy atom. The summed E-state index contributed by atoms with van der Waals surface area (Å²) in [5.74, 6) is 0. The molecule has 0 bridgehead atoms. The largest absolute Gasteiger partial charge is 0.398 e. The number of hydrogen-bond acceptors (Lipinski definition) is 2. The maximum atomic E-state index is 5.90. The molecule has 1 rings (SSSR count). The number of rotatable bonds is 4. The van der Waals surface area contributed by atoms with Gasteiger partial charge in [0.05, 0.1) is 0 Å². The van der Waals surface area contributed by atoms with Gasteiger partial charge in [0.2, 0.25) is 0 Å². The monoisotopic (exact) mass is 192 g/mol. The van der Waals surface area contributed by atoms with Crippen molar-refractivity contribution in [1.29, 1.82) is 0 Å². The Morgan fingerprint density at radius 1 is 1.14 bits per heavy atom. The van der Waals surface area contributed by atoms with Crippen molar-refractivity contribution >= 4 is 5.69 Å². The maximum Gasteiger partial charge on any atom is 0.0349 e. The van der Waals surface area contributed by atoms with E-state index in [1.54, 1.807) is 0 Å². The molecule has 1 aromatic rings. The Morgan fingerprint density at radius 2 is 1.86 bits per heavy atom. The van der Waals surface area contributed by atoms with Crippen LogP contribution in [0.15, 0.2) is 12.1 Å². The van der Waals surface area contributed by atoms with E-state index in [1.807, 2.05) is 0 Å². The molecule has 0 atom stereocenters. The average molecular weight is 192 g/mol. The van der Waals surface area contributed by atoms with E-state index in [1.165, 1.54) is 16.7 Å². The summed E-state index contributed by atoms with van der Waals surface area (Å²) in [7, 11) is 0. The molecule has 0 unspecified atom stereocenters. The first kappa shape index (κ1) is 11.1. The highest BCUT2D eigenvalue weighted by Crippen LogP contribution is 2.19. The van der Waals surface area contributed by atoms with E-state index in [0.29, 0.717) is 0 Å². The molecule has 0 heterocycles. The average Bonchev–Trinajstić information content (AvgIpc) is 2.14. The first-order valence-electron chi connectivity index (χ1n) is 5.21. The number of unbranched alkanes of at least 4 members (excludes halogenated alkanes) is 1. The third-order valence-corrected chi connectivity index (χ3v) is 2.69. The van der Waals surface area contributed by atoms with Gasteiger partial charge in [0.15, 0.2) is 0 Å². The van der Waals surface area contributed by atoms with Crippen molar-refractivity contribution in [1.82, 2.24) is 0 Å². The molecule has 0 spiro atoms. The van der Waals surface area contributed by atoms with Crippen LogP contribution in [0.5, 0.6) is 0 Å². The minimum atomic E-state index is 0.778. The third kappa shape index (κ3) is 2.74. The van der Waals surface area contributed by atoms with Crippen LogP contribution in [-0.4, -0.2) is 6.54 Å². The summed E-state index contributed by atoms with van der Waals surface area (Å²) >= 11 is 0. The second kappa shape index (κ2) is 5.01. The molecule has 0 fully saturated rings. The van der Waals surface area contributed by atoms with Crippen LogP contribution in [0.2, 0.25) is 0 Å². The molecule has 14 heavy (non-hydrogen) atoms. The highest BCUT2D eigenvalue weighted by molar-refractivity contribution is 5.52. The zero-order valence-corrected chi connectivity index (χ0v) is 9.14. The lowest BCUT2D eigenvalue weighted by Gasteiger charge is -2.08. The Labute approximate surface area is 86.3 Å². The summed E-state index contributed by atoms with van der Waals surface area (Å²) in [4.78, 5) is 0. The third-order valence-electron chi connectivity index (χ3n) is 2.69. The lowest BCUT2D eigenvalue weighted by molar-refractivity contribution is 0.744. The minimum absolute atomic E-state index is 0.778. The van der Waals surface area contributed by atoms with Crippen LogP contribution >= 0.6 is 0 Å². The van der Waals surface area contributed by atoms with Gasteiger partial charge in [-0.3, -0.25) is 0 Å². The molecule has 0 radical (unpaired) electrons. The van der Waals surface area contributed by atoms with Gasteiger partial charge in [-0.1, -0.05) is 6.07 Å². The molecule has 0 saturated heterocycles. The zero-order chi connectivity index (χ0) is 10.6. The van der Waals surface area contributed by atoms with Gasteiger partial charge in [-0.05, 0) is 62.4 Å². The smallest absolute Gasteiger partial charge is 0.0349 e. The predicted molar refractivity (Wildman–Crippen MR) is 62.3 cm³/mol. The fourth-order valence-electron chi connectivity index (χ4n) is 1.58. The summed E-state index contributed by atoms with van der Waals surface area (Å²) in [5, 5.41) is 0. The predicted octanol–water partition coefficient (Wildman–Crippen LogP) is 2.17. The highest BCUT2D eigenvalue weighted by Gasteiger charge is 2.01. The summed E-state index contributed by atoms with van der Waals surface area (Å²) in [6.07, 6.45) is 3.33. The van der Waals surface area contributed by atoms with E-state index in [4.69, 9.17) is 11.5 Å². The normalized spacial score (nSPS) is 10.5. The van der Waals surface area contributed by atoms with Gasteiger partial charge < -0.3 is 11.5 Å². The van der Waals surface area contributed by atoms with Crippen molar-refractivity contribution in [3.05, 3.63) is 28.8 Å². The molecule has 0 saturated carbocycles. The van der Waals surface area contributed by atoms with Crippen molar-refractivity contribution in [3.63, 3.8) is 0 Å². The van der Waals surface area contributed by atoms with Crippen molar-refractivity contribution in [3.8, 4) is 0 Å². The van der Waals surface area contributed by atoms with Gasteiger partial charge in [0.1, 0.15) is 0 Å². The molecule has 78 valence electrons. The molecule has 0 aliphatic rings. The molecule has 2 nitrogen and oxygen atoms in total. The fourth-order valence-corrected chi connectivity index (χ4v) is 1.58. The minimum Gasteiger partial charge on any atom is -0.398 e. The van der Waals surface area contributed by atoms with Gasteiger partial charge in [-0.25, -0.2) is 0 Å². The number of nitrogen functional groups attached to an aromatic ring is 1. The van der Waals surface area contributed by atoms with Crippen LogP contribution in [0.4, 0.5) is 5.69 Å². The van der Waals surface area contributed by atoms with Gasteiger partial charge in [-0.15, -0.1) is 0 Å². The van der Waals surface area contributed by atoms with E-state index in [2.05, 4.69) is 26.0 Å². The molecule has 2 heteroatoms. The molecule has 0 aromatic heterocycles. The van der Waals surface area contributed by atoms with Crippen molar-refractivity contribution < 1.29 is 0 Å². The number of benzene rings is 1. The van der Waals surface area contributed by atoms with Crippen LogP contribution in [-0.2, 0) is 6.42 Å². The Balaban J connectivity index is 2.69. The van der Waals surface area contributed by atoms with Crippen LogP contribution in [0, 0.1) is 13.8 Å². The first-order valence-corrected chi connectivity index (χ1v) is 5.21. The topological polar surface area (TPSA) is 52.0 Å². The highest BCUT2D eigenvalue weighted by atomic mass is 14.6. The molecule has 0 amide bonds. The van der Waals surface area contributed by atoms with Gasteiger partial charge in [0, 0.05) is 5.69 Å². The number of nitrogens with two attached hydrogens (primary N) is 2. The van der Waals surface area contributed by atoms with Crippen molar-refractivity contribution in [2.75, 3.05) is 12.3 Å². The fraction of sp³-hybridized carbons (Fsp3) is 0.500. The maximum absolute atomic E-state index is 5.90. The van der Waals surface area contributed by atoms with E-state index < -0.39 is 0 Å². The second-order valence-electron chi connectivity index (χ2n) is 3.87. The second-order valence-corrected chi connectivity index (χ2v) is 3.87. The molecule has 1 aromatic carbocycles. The van der Waals surface area contributed by atoms with Crippen LogP contribution in [0.25, 0.3) is 0 Å². The summed E-state index contributed by atoms with van der Waals surface area (Å²) in [6, 6.07) is 4.31. The number of anilines is 1. The van der Waals surface area contributed by atoms with Crippen molar-refractivity contribution in [2.24, 2.45) is 5.73 Å². The quantitative estimate of drug-likeness (QED) is 0.567. The SMILES string of the molecule is Cc1cc(CCCCN)cc(N)c1C. The van der Waals surface area contributed by atoms with E-state index in [-0.39, 0.29) is 0 Å². The van der Waals surface area contributed by atoms with Crippen LogP contribution < -0.4 is 11.5 Å². The van der Waals surface area contributed by atoms with Gasteiger partial charge in [-0.2, -0.15) is 0 Å². The van der Waals surface area contributed by atoms with Crippen LogP contribution in [0.1, 0.15) is 29.5 Å². The Bertz CT molecular complexity index is 282. The van der Waals surface area contributed by atoms with E-state index in [0.717, 1.165) is 31.5 Å². The van der Waals surface area contributed by atoms with Crippen LogP contribution in [0.3, 0.4) is 0 Å². The number of aryl methyl sites for hydroxylation is 2. The summed E-state index contributed by atoms with van der Waals surface area (Å²) in [5.41, 5.74) is 16.1. The van der Waals surface area contributed by atoms with Crippen molar-refractivity contribution in [2.45, 2.75) is 33.1 Å². The van der Waals surface area contributed by atoms with Gasteiger partial charge in [0.25, 0.3) is 0 Å². The Kier molecular flexibility index (Phi) is 3.96. The standard InChI is InChI=1S/C12H20N2/c1-9-7-11(5-3-4-6-13)8-12(14)10(9)2/h7-8H,3-6,13-14H2,1-2H3. The molecule has 0 aliphatic carbocycles. The molecule has 4 N–H and O–H groups in total. The molecular formula is C12H20N2. The van der Waals surface area contributed by atoms with E-state index in [9.17, 15) is 0 Å². The number of hydrogen-bond donors (Lipinski definition) is 2. The van der Waals surface area contributed by atoms with E-state index >= 15 is 0 Å². The molecular weight excluding hydrogens is 172 g/mol.